The molecular weight excluding hydrogens is 668 g/mol. The van der Waals surface area contributed by atoms with E-state index in [2.05, 4.69) is 20.5 Å². The van der Waals surface area contributed by atoms with Crippen LogP contribution in [0.5, 0.6) is 5.75 Å². The van der Waals surface area contributed by atoms with Crippen molar-refractivity contribution in [1.29, 1.82) is 0 Å². The van der Waals surface area contributed by atoms with E-state index in [1.165, 1.54) is 12.5 Å². The van der Waals surface area contributed by atoms with Crippen molar-refractivity contribution in [1.82, 2.24) is 9.88 Å². The number of fused-ring (bicyclic) bond motifs is 2. The van der Waals surface area contributed by atoms with Crippen LogP contribution in [0.15, 0.2) is 78.0 Å². The molecule has 6 rings (SSSR count). The molecule has 0 bridgehead atoms. The number of esters is 1. The maximum atomic E-state index is 13.1. The van der Waals surface area contributed by atoms with Gasteiger partial charge < -0.3 is 20.5 Å². The number of piperidine rings is 1. The number of unbranched alkanes of at least 4 members (excludes halogenated alkanes) is 2. The van der Waals surface area contributed by atoms with Crippen LogP contribution in [0.3, 0.4) is 0 Å². The first-order valence-electron chi connectivity index (χ1n) is 17.4. The Morgan fingerprint density at radius 3 is 2.57 bits per heavy atom. The van der Waals surface area contributed by atoms with Crippen LogP contribution in [0.2, 0.25) is 5.02 Å². The number of carbonyl (C=O) groups excluding carboxylic acids is 4. The lowest BCUT2D eigenvalue weighted by atomic mass is 9.82. The highest BCUT2D eigenvalue weighted by Crippen LogP contribution is 2.34. The first-order valence-corrected chi connectivity index (χ1v) is 17.8. The summed E-state index contributed by atoms with van der Waals surface area (Å²) in [4.78, 5) is 58.2. The molecule has 10 nitrogen and oxygen atoms in total. The van der Waals surface area contributed by atoms with Crippen molar-refractivity contribution in [3.8, 4) is 5.75 Å². The number of benzene rings is 3. The number of phenolic OH excluding ortho intramolecular Hbond substituents is 1. The van der Waals surface area contributed by atoms with Gasteiger partial charge in [-0.1, -0.05) is 36.6 Å². The molecule has 1 aliphatic heterocycles. The number of hydrogen-bond donors (Lipinski definition) is 3. The lowest BCUT2D eigenvalue weighted by molar-refractivity contribution is -0.145. The summed E-state index contributed by atoms with van der Waals surface area (Å²) in [5.74, 6) is -1.23. The van der Waals surface area contributed by atoms with Crippen LogP contribution in [-0.4, -0.2) is 58.1 Å². The molecule has 0 saturated carbocycles. The van der Waals surface area contributed by atoms with E-state index < -0.39 is 0 Å². The topological polar surface area (TPSA) is 138 Å². The van der Waals surface area contributed by atoms with E-state index in [0.717, 1.165) is 42.5 Å². The number of aromatic nitrogens is 1. The monoisotopic (exact) mass is 708 g/mol. The minimum atomic E-state index is -0.362. The van der Waals surface area contributed by atoms with Crippen LogP contribution >= 0.6 is 11.6 Å². The van der Waals surface area contributed by atoms with Crippen LogP contribution in [-0.2, 0) is 20.9 Å². The highest BCUT2D eigenvalue weighted by Gasteiger charge is 2.31. The first kappa shape index (κ1) is 35.8. The molecule has 1 saturated heterocycles. The summed E-state index contributed by atoms with van der Waals surface area (Å²) in [6, 6.07) is 17.4. The number of nitrogens with one attached hydrogen (secondary N) is 2. The number of rotatable bonds is 13. The average molecular weight is 709 g/mol. The predicted molar refractivity (Wildman–Crippen MR) is 198 cm³/mol. The second-order valence-electron chi connectivity index (χ2n) is 13.1. The lowest BCUT2D eigenvalue weighted by Gasteiger charge is -2.25. The molecule has 1 amide bonds. The molecular formula is C40H41ClN4O6. The highest BCUT2D eigenvalue weighted by atomic mass is 35.5. The third kappa shape index (κ3) is 8.82. The number of phenols is 1. The van der Waals surface area contributed by atoms with Crippen LogP contribution in [0.4, 0.5) is 17.1 Å². The minimum absolute atomic E-state index is 0.0155. The number of ether oxygens (including phenoxy) is 1. The van der Waals surface area contributed by atoms with E-state index in [1.54, 1.807) is 37.4 Å². The van der Waals surface area contributed by atoms with Gasteiger partial charge in [-0.15, -0.1) is 0 Å². The fourth-order valence-electron chi connectivity index (χ4n) is 6.74. The molecule has 11 heteroatoms. The van der Waals surface area contributed by atoms with Gasteiger partial charge in [-0.3, -0.25) is 29.1 Å². The molecule has 0 atom stereocenters. The van der Waals surface area contributed by atoms with Gasteiger partial charge in [0, 0.05) is 56.8 Å². The highest BCUT2D eigenvalue weighted by molar-refractivity contribution is 6.31. The number of allylic oxidation sites excluding steroid dienone is 2. The third-order valence-corrected chi connectivity index (χ3v) is 9.60. The van der Waals surface area contributed by atoms with Crippen LogP contribution in [0.25, 0.3) is 10.9 Å². The van der Waals surface area contributed by atoms with Crippen LogP contribution < -0.4 is 10.6 Å². The minimum Gasteiger partial charge on any atom is -0.507 e. The molecule has 4 aromatic rings. The van der Waals surface area contributed by atoms with Crippen molar-refractivity contribution < 1.29 is 29.0 Å². The molecule has 1 aliphatic carbocycles. The molecule has 0 spiro atoms. The Balaban J connectivity index is 1.06. The van der Waals surface area contributed by atoms with Gasteiger partial charge in [0.05, 0.1) is 17.6 Å². The fraction of sp³-hybridized carbons (Fsp3) is 0.325. The molecule has 51 heavy (non-hydrogen) atoms. The van der Waals surface area contributed by atoms with Gasteiger partial charge in [0.15, 0.2) is 11.6 Å². The SMILES string of the molecule is CC1=C(CCCCCC(=O)OCc2cc(NC(=O)CN3CCCCC3)cc(Nc3ccnc4cc(Cl)ccc34)c2)C(=O)c2c(O)cccc2C1=O. The predicted octanol–water partition coefficient (Wildman–Crippen LogP) is 8.15. The molecule has 0 unspecified atom stereocenters. The molecule has 1 aromatic heterocycles. The van der Waals surface area contributed by atoms with Crippen molar-refractivity contribution in [3.63, 3.8) is 0 Å². The van der Waals surface area contributed by atoms with Crippen LogP contribution in [0.1, 0.15) is 84.6 Å². The summed E-state index contributed by atoms with van der Waals surface area (Å²) < 4.78 is 5.65. The van der Waals surface area contributed by atoms with Gasteiger partial charge in [-0.25, -0.2) is 0 Å². The van der Waals surface area contributed by atoms with E-state index in [4.69, 9.17) is 16.3 Å². The summed E-state index contributed by atoms with van der Waals surface area (Å²) in [7, 11) is 0. The van der Waals surface area contributed by atoms with Gasteiger partial charge in [0.2, 0.25) is 5.91 Å². The zero-order valence-corrected chi connectivity index (χ0v) is 29.4. The Hall–Kier alpha value is -5.06. The van der Waals surface area contributed by atoms with Gasteiger partial charge in [0.25, 0.3) is 0 Å². The second kappa shape index (κ2) is 16.3. The number of pyridine rings is 1. The van der Waals surface area contributed by atoms with E-state index in [-0.39, 0.29) is 53.3 Å². The molecule has 264 valence electrons. The molecule has 2 aliphatic rings. The van der Waals surface area contributed by atoms with E-state index >= 15 is 0 Å². The number of hydrogen-bond acceptors (Lipinski definition) is 9. The number of ketones is 2. The Bertz CT molecular complexity index is 2020. The second-order valence-corrected chi connectivity index (χ2v) is 13.6. The van der Waals surface area contributed by atoms with Crippen molar-refractivity contribution in [2.24, 2.45) is 0 Å². The number of anilines is 3. The van der Waals surface area contributed by atoms with Crippen molar-refractivity contribution in [3.05, 3.63) is 99.7 Å². The maximum absolute atomic E-state index is 13.1. The van der Waals surface area contributed by atoms with Crippen LogP contribution in [0, 0.1) is 0 Å². The Labute approximate surface area is 301 Å². The number of Topliss-reactive ketones (excluding diaryl/α,β-unsaturated/α-hetero) is 2. The molecule has 3 N–H and O–H groups in total. The summed E-state index contributed by atoms with van der Waals surface area (Å²) in [6.45, 7) is 3.79. The Kier molecular flexibility index (Phi) is 11.4. The summed E-state index contributed by atoms with van der Waals surface area (Å²) in [5.41, 5.74) is 4.65. The quantitative estimate of drug-likeness (QED) is 0.0928. The van der Waals surface area contributed by atoms with E-state index in [0.29, 0.717) is 65.3 Å². The normalized spacial score (nSPS) is 14.8. The number of nitrogens with zero attached hydrogens (tertiary/aromatic N) is 2. The summed E-state index contributed by atoms with van der Waals surface area (Å²) in [5, 5.41) is 18.1. The zero-order valence-electron chi connectivity index (χ0n) is 28.6. The largest absolute Gasteiger partial charge is 0.507 e. The molecule has 2 heterocycles. The van der Waals surface area contributed by atoms with E-state index in [1.807, 2.05) is 30.3 Å². The van der Waals surface area contributed by atoms with Gasteiger partial charge >= 0.3 is 5.97 Å². The number of aromatic hydroxyl groups is 1. The smallest absolute Gasteiger partial charge is 0.306 e. The van der Waals surface area contributed by atoms with Gasteiger partial charge in [-0.05, 0) is 106 Å². The average Bonchev–Trinajstić information content (AvgIpc) is 3.11. The molecule has 1 fully saturated rings. The Morgan fingerprint density at radius 1 is 0.941 bits per heavy atom. The molecule has 3 aromatic carbocycles. The molecule has 0 radical (unpaired) electrons. The maximum Gasteiger partial charge on any atom is 0.306 e. The van der Waals surface area contributed by atoms with E-state index in [9.17, 15) is 24.3 Å². The number of likely N-dealkylation sites (tertiary alicyclic amines) is 1. The van der Waals surface area contributed by atoms with Gasteiger partial charge in [-0.2, -0.15) is 0 Å². The Morgan fingerprint density at radius 2 is 1.75 bits per heavy atom. The first-order chi connectivity index (χ1) is 24.7. The number of halogens is 1. The number of amides is 1. The van der Waals surface area contributed by atoms with Gasteiger partial charge in [0.1, 0.15) is 12.4 Å². The summed E-state index contributed by atoms with van der Waals surface area (Å²) >= 11 is 6.19. The zero-order chi connectivity index (χ0) is 35.9. The van der Waals surface area contributed by atoms with Crippen molar-refractivity contribution in [2.75, 3.05) is 30.3 Å². The summed E-state index contributed by atoms with van der Waals surface area (Å²) in [6.07, 6.45) is 7.44. The lowest BCUT2D eigenvalue weighted by Crippen LogP contribution is -2.36. The fourth-order valence-corrected chi connectivity index (χ4v) is 6.91. The van der Waals surface area contributed by atoms with Crippen molar-refractivity contribution in [2.45, 2.75) is 64.9 Å². The van der Waals surface area contributed by atoms with Crippen molar-refractivity contribution >= 4 is 63.0 Å². The standard InChI is InChI=1S/C40H41ClN4O6/c1-25-30(40(50)38-32(39(25)49)10-8-11-35(38)46)9-4-2-5-12-37(48)51-24-26-19-28(43-33-15-16-42-34-21-27(41)13-14-31(33)34)22-29(20-26)44-36(47)23-45-17-6-3-7-18-45/h8,10-11,13-16,19-22,46H,2-7,9,12,17-18,23-24H2,1H3,(H,42,43)(H,44,47). The number of carbonyl (C=O) groups is 4. The third-order valence-electron chi connectivity index (χ3n) is 9.37.